The lowest BCUT2D eigenvalue weighted by molar-refractivity contribution is -0.106. The predicted molar refractivity (Wildman–Crippen MR) is 37.6 cm³/mol. The van der Waals surface area contributed by atoms with E-state index in [9.17, 15) is 4.79 Å². The van der Waals surface area contributed by atoms with E-state index in [2.05, 4.69) is 16.4 Å². The van der Waals surface area contributed by atoms with E-state index in [0.717, 1.165) is 6.29 Å². The van der Waals surface area contributed by atoms with Crippen LogP contribution in [0.2, 0.25) is 0 Å². The van der Waals surface area contributed by atoms with Crippen LogP contribution in [0.25, 0.3) is 0 Å². The molecule has 1 heterocycles. The van der Waals surface area contributed by atoms with E-state index < -0.39 is 0 Å². The molecular formula is C7H7N2O. The summed E-state index contributed by atoms with van der Waals surface area (Å²) in [7, 11) is 0. The molecule has 0 aliphatic rings. The van der Waals surface area contributed by atoms with Gasteiger partial charge in [0.15, 0.2) is 0 Å². The molecule has 0 saturated heterocycles. The van der Waals surface area contributed by atoms with Gasteiger partial charge in [0, 0.05) is 6.20 Å². The van der Waals surface area contributed by atoms with Gasteiger partial charge < -0.3 is 10.1 Å². The van der Waals surface area contributed by atoms with Gasteiger partial charge in [-0.2, -0.15) is 0 Å². The Labute approximate surface area is 59.1 Å². The Morgan fingerprint density at radius 2 is 2.70 bits per heavy atom. The number of carbonyl (C=O) groups excluding carboxylic acids is 1. The Hall–Kier alpha value is -1.38. The minimum absolute atomic E-state index is 0.296. The quantitative estimate of drug-likeness (QED) is 0.613. The van der Waals surface area contributed by atoms with Crippen molar-refractivity contribution < 1.29 is 4.79 Å². The summed E-state index contributed by atoms with van der Waals surface area (Å²) in [4.78, 5) is 13.8. The minimum Gasteiger partial charge on any atom is -0.363 e. The molecule has 3 nitrogen and oxygen atoms in total. The zero-order valence-corrected chi connectivity index (χ0v) is 5.37. The van der Waals surface area contributed by atoms with Crippen molar-refractivity contribution in [1.29, 1.82) is 0 Å². The third-order valence-corrected chi connectivity index (χ3v) is 0.971. The Balaban J connectivity index is 2.50. The lowest BCUT2D eigenvalue weighted by Crippen LogP contribution is -2.02. The third kappa shape index (κ3) is 1.85. The zero-order chi connectivity index (χ0) is 7.23. The van der Waals surface area contributed by atoms with Gasteiger partial charge in [0.05, 0.1) is 6.54 Å². The second-order valence-electron chi connectivity index (χ2n) is 1.69. The first-order valence-corrected chi connectivity index (χ1v) is 2.93. The number of hydrogen-bond donors (Lipinski definition) is 1. The lowest BCUT2D eigenvalue weighted by Gasteiger charge is -1.96. The molecule has 0 aromatic carbocycles. The van der Waals surface area contributed by atoms with Crippen LogP contribution in [-0.4, -0.2) is 17.8 Å². The molecule has 0 unspecified atom stereocenters. The molecule has 1 radical (unpaired) electrons. The molecule has 1 N–H and O–H groups in total. The summed E-state index contributed by atoms with van der Waals surface area (Å²) in [6.07, 6.45) is 2.40. The highest BCUT2D eigenvalue weighted by molar-refractivity contribution is 5.57. The number of pyridine rings is 1. The average molecular weight is 135 g/mol. The summed E-state index contributed by atoms with van der Waals surface area (Å²) < 4.78 is 0. The summed E-state index contributed by atoms with van der Waals surface area (Å²) in [6, 6.07) is 6.21. The highest BCUT2D eigenvalue weighted by Crippen LogP contribution is 1.96. The van der Waals surface area contributed by atoms with E-state index in [-0.39, 0.29) is 0 Å². The van der Waals surface area contributed by atoms with E-state index in [1.54, 1.807) is 18.3 Å². The topological polar surface area (TPSA) is 42.0 Å². The molecule has 0 fully saturated rings. The van der Waals surface area contributed by atoms with E-state index in [4.69, 9.17) is 0 Å². The highest BCUT2D eigenvalue weighted by Gasteiger charge is 1.86. The lowest BCUT2D eigenvalue weighted by atomic mass is 10.4. The van der Waals surface area contributed by atoms with Gasteiger partial charge in [-0.05, 0) is 18.2 Å². The molecule has 3 heteroatoms. The standard InChI is InChI=1S/C7H7N2O/c10-6-5-9-7-3-1-2-4-8-7/h2-4,6H,5H2,(H,8,9). The van der Waals surface area contributed by atoms with Crippen molar-refractivity contribution in [3.63, 3.8) is 0 Å². The van der Waals surface area contributed by atoms with E-state index in [1.165, 1.54) is 0 Å². The minimum atomic E-state index is 0.296. The molecule has 1 rings (SSSR count). The van der Waals surface area contributed by atoms with Crippen molar-refractivity contribution in [2.75, 3.05) is 11.9 Å². The van der Waals surface area contributed by atoms with Crippen LogP contribution in [0.15, 0.2) is 18.3 Å². The van der Waals surface area contributed by atoms with Crippen molar-refractivity contribution in [1.82, 2.24) is 4.98 Å². The number of anilines is 1. The van der Waals surface area contributed by atoms with Crippen LogP contribution in [0.3, 0.4) is 0 Å². The second-order valence-corrected chi connectivity index (χ2v) is 1.69. The molecule has 0 amide bonds. The monoisotopic (exact) mass is 135 g/mol. The average Bonchev–Trinajstić information content (AvgIpc) is 2.03. The van der Waals surface area contributed by atoms with Crippen LogP contribution >= 0.6 is 0 Å². The van der Waals surface area contributed by atoms with Crippen LogP contribution in [0.5, 0.6) is 0 Å². The molecule has 0 aliphatic heterocycles. The zero-order valence-electron chi connectivity index (χ0n) is 5.37. The van der Waals surface area contributed by atoms with Crippen molar-refractivity contribution in [3.05, 3.63) is 24.4 Å². The van der Waals surface area contributed by atoms with Gasteiger partial charge in [-0.25, -0.2) is 4.98 Å². The number of aromatic nitrogens is 1. The first-order chi connectivity index (χ1) is 4.93. The number of rotatable bonds is 3. The van der Waals surface area contributed by atoms with Gasteiger partial charge in [0.25, 0.3) is 0 Å². The van der Waals surface area contributed by atoms with E-state index in [0.29, 0.717) is 12.4 Å². The molecule has 1 aromatic rings. The van der Waals surface area contributed by atoms with Crippen LogP contribution in [0, 0.1) is 6.07 Å². The summed E-state index contributed by atoms with van der Waals surface area (Å²) in [5, 5.41) is 2.78. The summed E-state index contributed by atoms with van der Waals surface area (Å²) in [5.74, 6) is 0.676. The van der Waals surface area contributed by atoms with Crippen molar-refractivity contribution in [2.45, 2.75) is 0 Å². The number of carbonyl (C=O) groups is 1. The van der Waals surface area contributed by atoms with E-state index in [1.807, 2.05) is 0 Å². The fourth-order valence-corrected chi connectivity index (χ4v) is 0.568. The molecular weight excluding hydrogens is 128 g/mol. The van der Waals surface area contributed by atoms with E-state index >= 15 is 0 Å². The second kappa shape index (κ2) is 3.61. The van der Waals surface area contributed by atoms with Crippen molar-refractivity contribution in [3.8, 4) is 0 Å². The molecule has 0 spiro atoms. The largest absolute Gasteiger partial charge is 0.363 e. The van der Waals surface area contributed by atoms with Gasteiger partial charge in [-0.1, -0.05) is 0 Å². The Kier molecular flexibility index (Phi) is 2.43. The van der Waals surface area contributed by atoms with Gasteiger partial charge in [-0.15, -0.1) is 0 Å². The number of aldehydes is 1. The SMILES string of the molecule is O=CCNc1c[c]ccn1. The Bertz CT molecular complexity index is 198. The fourth-order valence-electron chi connectivity index (χ4n) is 0.568. The van der Waals surface area contributed by atoms with Crippen LogP contribution in [-0.2, 0) is 4.79 Å². The van der Waals surface area contributed by atoms with Crippen LogP contribution in [0.4, 0.5) is 5.82 Å². The van der Waals surface area contributed by atoms with Gasteiger partial charge in [0.1, 0.15) is 12.1 Å². The van der Waals surface area contributed by atoms with Gasteiger partial charge in [0.2, 0.25) is 0 Å². The maximum absolute atomic E-state index is 9.88. The molecule has 51 valence electrons. The summed E-state index contributed by atoms with van der Waals surface area (Å²) >= 11 is 0. The summed E-state index contributed by atoms with van der Waals surface area (Å²) in [5.41, 5.74) is 0. The summed E-state index contributed by atoms with van der Waals surface area (Å²) in [6.45, 7) is 0.296. The number of nitrogens with one attached hydrogen (secondary N) is 1. The van der Waals surface area contributed by atoms with Gasteiger partial charge >= 0.3 is 0 Å². The third-order valence-electron chi connectivity index (χ3n) is 0.971. The molecule has 0 saturated carbocycles. The highest BCUT2D eigenvalue weighted by atomic mass is 16.1. The molecule has 0 bridgehead atoms. The first-order valence-electron chi connectivity index (χ1n) is 2.93. The van der Waals surface area contributed by atoms with Crippen LogP contribution in [0.1, 0.15) is 0 Å². The molecule has 0 atom stereocenters. The Morgan fingerprint density at radius 3 is 3.30 bits per heavy atom. The normalized spacial score (nSPS) is 8.80. The van der Waals surface area contributed by atoms with Crippen molar-refractivity contribution >= 4 is 12.1 Å². The predicted octanol–water partition coefficient (Wildman–Crippen LogP) is 0.493. The van der Waals surface area contributed by atoms with Gasteiger partial charge in [-0.3, -0.25) is 0 Å². The maximum Gasteiger partial charge on any atom is 0.139 e. The number of nitrogens with zero attached hydrogens (tertiary/aromatic N) is 1. The first kappa shape index (κ1) is 6.74. The smallest absolute Gasteiger partial charge is 0.139 e. The Morgan fingerprint density at radius 1 is 1.80 bits per heavy atom. The maximum atomic E-state index is 9.88. The number of hydrogen-bond acceptors (Lipinski definition) is 3. The molecule has 0 aliphatic carbocycles. The van der Waals surface area contributed by atoms with Crippen molar-refractivity contribution in [2.24, 2.45) is 0 Å². The molecule has 1 aromatic heterocycles. The van der Waals surface area contributed by atoms with Crippen LogP contribution < -0.4 is 5.32 Å². The molecule has 10 heavy (non-hydrogen) atoms. The fraction of sp³-hybridized carbons (Fsp3) is 0.143.